The van der Waals surface area contributed by atoms with Gasteiger partial charge in [0.2, 0.25) is 0 Å². The quantitative estimate of drug-likeness (QED) is 0.686. The highest BCUT2D eigenvalue weighted by molar-refractivity contribution is 5.35. The molecule has 1 aromatic rings. The molecule has 0 fully saturated rings. The van der Waals surface area contributed by atoms with Gasteiger partial charge in [-0.05, 0) is 36.3 Å². The van der Waals surface area contributed by atoms with Crippen molar-refractivity contribution in [2.45, 2.75) is 36.4 Å². The van der Waals surface area contributed by atoms with Crippen LogP contribution < -0.4 is 10.5 Å². The second kappa shape index (κ2) is 6.77. The largest absolute Gasteiger partial charge is 0.458 e. The van der Waals surface area contributed by atoms with E-state index in [9.17, 15) is 39.5 Å². The highest BCUT2D eigenvalue weighted by atomic mass is 19.4. The van der Waals surface area contributed by atoms with Gasteiger partial charge in [0.25, 0.3) is 0 Å². The standard InChI is InChI=1S/C16H12F9NO/c17-14(18,19)12(15(20,21)22)9-1-3-10(4-2-9)27-11-5-7-13(26,8-6-11)16(23,24)25/h1-7,12H,8,26H2. The van der Waals surface area contributed by atoms with Gasteiger partial charge in [0.05, 0.1) is 0 Å². The second-order valence-electron chi connectivity index (χ2n) is 5.87. The molecule has 1 aromatic carbocycles. The van der Waals surface area contributed by atoms with Crippen molar-refractivity contribution in [2.24, 2.45) is 5.73 Å². The molecule has 1 aliphatic carbocycles. The first-order valence-corrected chi connectivity index (χ1v) is 7.30. The number of nitrogens with two attached hydrogens (primary N) is 1. The Bertz CT molecular complexity index is 714. The first-order chi connectivity index (χ1) is 12.1. The van der Waals surface area contributed by atoms with Crippen molar-refractivity contribution < 1.29 is 44.3 Å². The van der Waals surface area contributed by atoms with Gasteiger partial charge in [-0.2, -0.15) is 39.5 Å². The SMILES string of the molecule is NC1(C(F)(F)F)C=CC(Oc2ccc(C(C(F)(F)F)C(F)(F)F)cc2)=CC1. The maximum Gasteiger partial charge on any atom is 0.410 e. The van der Waals surface area contributed by atoms with Crippen LogP contribution in [0.3, 0.4) is 0 Å². The third kappa shape index (κ3) is 4.76. The van der Waals surface area contributed by atoms with Crippen LogP contribution in [-0.4, -0.2) is 24.1 Å². The summed E-state index contributed by atoms with van der Waals surface area (Å²) in [4.78, 5) is 0. The summed E-state index contributed by atoms with van der Waals surface area (Å²) in [6.07, 6.45) is -13.8. The Morgan fingerprint density at radius 3 is 1.78 bits per heavy atom. The Labute approximate surface area is 147 Å². The van der Waals surface area contributed by atoms with Crippen LogP contribution in [0.15, 0.2) is 48.3 Å². The van der Waals surface area contributed by atoms with E-state index in [0.29, 0.717) is 18.2 Å². The Hall–Kier alpha value is -2.17. The first-order valence-electron chi connectivity index (χ1n) is 7.30. The molecular weight excluding hydrogens is 393 g/mol. The van der Waals surface area contributed by atoms with Gasteiger partial charge in [0.15, 0.2) is 5.92 Å². The smallest absolute Gasteiger partial charge is 0.410 e. The van der Waals surface area contributed by atoms with Crippen LogP contribution >= 0.6 is 0 Å². The van der Waals surface area contributed by atoms with E-state index in [4.69, 9.17) is 10.5 Å². The number of ether oxygens (including phenoxy) is 1. The van der Waals surface area contributed by atoms with Crippen molar-refractivity contribution in [1.29, 1.82) is 0 Å². The Morgan fingerprint density at radius 1 is 0.889 bits per heavy atom. The van der Waals surface area contributed by atoms with E-state index in [1.165, 1.54) is 0 Å². The fourth-order valence-electron chi connectivity index (χ4n) is 2.35. The molecule has 1 atom stereocenters. The molecule has 27 heavy (non-hydrogen) atoms. The maximum absolute atomic E-state index is 12.8. The van der Waals surface area contributed by atoms with Crippen LogP contribution in [0.2, 0.25) is 0 Å². The van der Waals surface area contributed by atoms with Crippen LogP contribution in [0.4, 0.5) is 39.5 Å². The summed E-state index contributed by atoms with van der Waals surface area (Å²) in [6.45, 7) is 0. The summed E-state index contributed by atoms with van der Waals surface area (Å²) in [5.74, 6) is -3.87. The molecule has 0 aromatic heterocycles. The van der Waals surface area contributed by atoms with E-state index < -0.39 is 42.0 Å². The minimum Gasteiger partial charge on any atom is -0.458 e. The van der Waals surface area contributed by atoms with Gasteiger partial charge in [0.1, 0.15) is 17.0 Å². The average Bonchev–Trinajstić information content (AvgIpc) is 2.47. The fraction of sp³-hybridized carbons (Fsp3) is 0.375. The number of benzene rings is 1. The Kier molecular flexibility index (Phi) is 5.30. The lowest BCUT2D eigenvalue weighted by Gasteiger charge is -2.30. The molecule has 0 saturated carbocycles. The van der Waals surface area contributed by atoms with E-state index >= 15 is 0 Å². The molecule has 1 aliphatic rings. The molecule has 0 bridgehead atoms. The summed E-state index contributed by atoms with van der Waals surface area (Å²) in [5, 5.41) is 0. The number of rotatable bonds is 3. The van der Waals surface area contributed by atoms with E-state index in [1.54, 1.807) is 0 Å². The van der Waals surface area contributed by atoms with Crippen LogP contribution in [0.5, 0.6) is 5.75 Å². The predicted octanol–water partition coefficient (Wildman–Crippen LogP) is 5.38. The lowest BCUT2D eigenvalue weighted by Crippen LogP contribution is -2.52. The highest BCUT2D eigenvalue weighted by Gasteiger charge is 2.57. The minimum absolute atomic E-state index is 0.0729. The van der Waals surface area contributed by atoms with Gasteiger partial charge in [-0.15, -0.1) is 0 Å². The number of hydrogen-bond acceptors (Lipinski definition) is 2. The van der Waals surface area contributed by atoms with E-state index in [0.717, 1.165) is 24.3 Å². The van der Waals surface area contributed by atoms with Crippen LogP contribution in [0, 0.1) is 0 Å². The summed E-state index contributed by atoms with van der Waals surface area (Å²) in [7, 11) is 0. The van der Waals surface area contributed by atoms with Gasteiger partial charge in [-0.3, -0.25) is 0 Å². The molecule has 11 heteroatoms. The van der Waals surface area contributed by atoms with Crippen LogP contribution in [0.1, 0.15) is 17.9 Å². The molecule has 2 nitrogen and oxygen atoms in total. The van der Waals surface area contributed by atoms with Gasteiger partial charge in [-0.1, -0.05) is 18.2 Å². The second-order valence-corrected chi connectivity index (χ2v) is 5.87. The predicted molar refractivity (Wildman–Crippen MR) is 76.7 cm³/mol. The number of hydrogen-bond donors (Lipinski definition) is 1. The maximum atomic E-state index is 12.8. The minimum atomic E-state index is -5.53. The first kappa shape index (κ1) is 21.1. The van der Waals surface area contributed by atoms with Gasteiger partial charge >= 0.3 is 18.5 Å². The van der Waals surface area contributed by atoms with Gasteiger partial charge in [-0.25, -0.2) is 0 Å². The number of allylic oxidation sites excluding steroid dienone is 1. The van der Waals surface area contributed by atoms with Crippen molar-refractivity contribution in [3.05, 3.63) is 53.8 Å². The molecule has 0 heterocycles. The van der Waals surface area contributed by atoms with Gasteiger partial charge < -0.3 is 10.5 Å². The van der Waals surface area contributed by atoms with Crippen LogP contribution in [0.25, 0.3) is 0 Å². The van der Waals surface area contributed by atoms with E-state index in [1.807, 2.05) is 0 Å². The third-order valence-corrected chi connectivity index (χ3v) is 3.82. The molecule has 150 valence electrons. The summed E-state index contributed by atoms with van der Waals surface area (Å²) < 4.78 is 119. The lowest BCUT2D eigenvalue weighted by molar-refractivity contribution is -0.253. The Balaban J connectivity index is 2.15. The lowest BCUT2D eigenvalue weighted by atomic mass is 9.91. The molecule has 2 N–H and O–H groups in total. The zero-order chi connectivity index (χ0) is 20.7. The normalized spacial score (nSPS) is 21.4. The van der Waals surface area contributed by atoms with E-state index in [-0.39, 0.29) is 11.5 Å². The monoisotopic (exact) mass is 405 g/mol. The zero-order valence-corrected chi connectivity index (χ0v) is 13.2. The number of halogens is 9. The highest BCUT2D eigenvalue weighted by Crippen LogP contribution is 2.46. The third-order valence-electron chi connectivity index (χ3n) is 3.82. The number of alkyl halides is 9. The summed E-state index contributed by atoms with van der Waals surface area (Å²) in [6, 6.07) is 2.92. The summed E-state index contributed by atoms with van der Waals surface area (Å²) in [5.41, 5.74) is 1.59. The average molecular weight is 405 g/mol. The topological polar surface area (TPSA) is 35.2 Å². The van der Waals surface area contributed by atoms with Crippen molar-refractivity contribution in [1.82, 2.24) is 0 Å². The van der Waals surface area contributed by atoms with Crippen molar-refractivity contribution in [2.75, 3.05) is 0 Å². The molecule has 2 rings (SSSR count). The molecule has 0 radical (unpaired) electrons. The van der Waals surface area contributed by atoms with Crippen molar-refractivity contribution in [3.63, 3.8) is 0 Å². The molecular formula is C16H12F9NO. The zero-order valence-electron chi connectivity index (χ0n) is 13.2. The molecule has 0 saturated heterocycles. The fourth-order valence-corrected chi connectivity index (χ4v) is 2.35. The molecule has 1 unspecified atom stereocenters. The molecule has 0 spiro atoms. The van der Waals surface area contributed by atoms with Gasteiger partial charge in [0, 0.05) is 0 Å². The molecule has 0 aliphatic heterocycles. The van der Waals surface area contributed by atoms with E-state index in [2.05, 4.69) is 0 Å². The van der Waals surface area contributed by atoms with Crippen molar-refractivity contribution in [3.8, 4) is 5.75 Å². The van der Waals surface area contributed by atoms with Crippen molar-refractivity contribution >= 4 is 0 Å². The molecule has 0 amide bonds. The van der Waals surface area contributed by atoms with Crippen LogP contribution in [-0.2, 0) is 0 Å². The Morgan fingerprint density at radius 2 is 1.41 bits per heavy atom. The summed E-state index contributed by atoms with van der Waals surface area (Å²) >= 11 is 0.